The summed E-state index contributed by atoms with van der Waals surface area (Å²) in [5.74, 6) is 0.0922. The monoisotopic (exact) mass is 462 g/mol. The lowest BCUT2D eigenvalue weighted by Crippen LogP contribution is -2.43. The number of hydrogen-bond acceptors (Lipinski definition) is 7. The maximum Gasteiger partial charge on any atom is 0.315 e. The predicted molar refractivity (Wildman–Crippen MR) is 123 cm³/mol. The Morgan fingerprint density at radius 1 is 1.06 bits per heavy atom. The van der Waals surface area contributed by atoms with Crippen LogP contribution in [0.2, 0.25) is 18.1 Å². The van der Waals surface area contributed by atoms with Crippen LogP contribution in [0.15, 0.2) is 42.5 Å². The number of hydrogen-bond donors (Lipinski definition) is 0. The number of benzene rings is 2. The van der Waals surface area contributed by atoms with Gasteiger partial charge in [0.25, 0.3) is 0 Å². The predicted octanol–water partition coefficient (Wildman–Crippen LogP) is 5.52. The van der Waals surface area contributed by atoms with E-state index in [-0.39, 0.29) is 28.8 Å². The summed E-state index contributed by atoms with van der Waals surface area (Å²) in [6.07, 6.45) is -0.963. The zero-order valence-corrected chi connectivity index (χ0v) is 20.3. The number of nitro benzene ring substituents is 1. The number of rotatable bonds is 10. The first kappa shape index (κ1) is 25.3. The normalized spacial score (nSPS) is 12.8. The quantitative estimate of drug-likeness (QED) is 0.259. The topological polar surface area (TPSA) is 114 Å². The molecule has 2 aromatic carbocycles. The maximum absolute atomic E-state index is 11.8. The van der Waals surface area contributed by atoms with E-state index in [0.717, 1.165) is 5.56 Å². The van der Waals surface area contributed by atoms with E-state index in [9.17, 15) is 20.2 Å². The molecule has 0 saturated heterocycles. The van der Waals surface area contributed by atoms with Gasteiger partial charge in [-0.05, 0) is 35.3 Å². The van der Waals surface area contributed by atoms with Gasteiger partial charge in [0, 0.05) is 11.0 Å². The molecule has 0 heterocycles. The molecule has 32 heavy (non-hydrogen) atoms. The molecule has 9 nitrogen and oxygen atoms in total. The van der Waals surface area contributed by atoms with Gasteiger partial charge >= 0.3 is 5.69 Å². The molecule has 0 radical (unpaired) electrons. The third-order valence-electron chi connectivity index (χ3n) is 5.63. The van der Waals surface area contributed by atoms with Crippen LogP contribution in [0.3, 0.4) is 0 Å². The highest BCUT2D eigenvalue weighted by Crippen LogP contribution is 2.44. The van der Waals surface area contributed by atoms with Gasteiger partial charge in [-0.25, -0.2) is 0 Å². The lowest BCUT2D eigenvalue weighted by atomic mass is 10.1. The molecular weight excluding hydrogens is 432 g/mol. The van der Waals surface area contributed by atoms with Crippen molar-refractivity contribution in [2.45, 2.75) is 51.6 Å². The average molecular weight is 463 g/mol. The molecule has 0 aliphatic rings. The van der Waals surface area contributed by atoms with E-state index >= 15 is 0 Å². The molecule has 0 amide bonds. The van der Waals surface area contributed by atoms with Crippen molar-refractivity contribution in [3.05, 3.63) is 73.8 Å². The van der Waals surface area contributed by atoms with Crippen LogP contribution in [0.4, 0.5) is 5.69 Å². The van der Waals surface area contributed by atoms with Gasteiger partial charge in [0.1, 0.15) is 12.7 Å². The van der Waals surface area contributed by atoms with Crippen LogP contribution >= 0.6 is 0 Å². The van der Waals surface area contributed by atoms with E-state index < -0.39 is 30.8 Å². The molecule has 0 spiro atoms. The molecule has 10 heteroatoms. The van der Waals surface area contributed by atoms with Gasteiger partial charge < -0.3 is 13.9 Å². The lowest BCUT2D eigenvalue weighted by molar-refractivity contribution is -0.490. The minimum absolute atomic E-state index is 0.0399. The number of nitrogens with zero attached hydrogens (tertiary/aromatic N) is 2. The Bertz CT molecular complexity index is 959. The largest absolute Gasteiger partial charge is 0.488 e. The minimum Gasteiger partial charge on any atom is -0.488 e. The van der Waals surface area contributed by atoms with Crippen molar-refractivity contribution >= 4 is 14.0 Å². The third kappa shape index (κ3) is 6.27. The van der Waals surface area contributed by atoms with Crippen molar-refractivity contribution in [2.24, 2.45) is 0 Å². The van der Waals surface area contributed by atoms with E-state index in [2.05, 4.69) is 0 Å². The fraction of sp³-hybridized carbons (Fsp3) is 0.455. The molecule has 174 valence electrons. The first-order valence-corrected chi connectivity index (χ1v) is 13.1. The number of ether oxygens (including phenoxy) is 2. The SMILES string of the molecule is COc1c(OCc2ccccc2)cc(C(C[N+](=O)[O-])O[Si](C)(C)C(C)(C)C)cc1[N+](=O)[O-]. The second kappa shape index (κ2) is 10.1. The van der Waals surface area contributed by atoms with E-state index in [1.165, 1.54) is 19.2 Å². The smallest absolute Gasteiger partial charge is 0.315 e. The lowest BCUT2D eigenvalue weighted by Gasteiger charge is -2.38. The average Bonchev–Trinajstić information content (AvgIpc) is 2.70. The van der Waals surface area contributed by atoms with Gasteiger partial charge in [-0.1, -0.05) is 51.1 Å². The zero-order chi connectivity index (χ0) is 24.1. The highest BCUT2D eigenvalue weighted by molar-refractivity contribution is 6.74. The van der Waals surface area contributed by atoms with Crippen LogP contribution in [-0.2, 0) is 11.0 Å². The van der Waals surface area contributed by atoms with Crippen LogP contribution in [0.25, 0.3) is 0 Å². The molecule has 0 N–H and O–H groups in total. The van der Waals surface area contributed by atoms with Gasteiger partial charge in [-0.3, -0.25) is 20.2 Å². The summed E-state index contributed by atoms with van der Waals surface area (Å²) in [7, 11) is -1.10. The standard InChI is InChI=1S/C22H30N2O7Si/c1-22(2,3)32(5,6)31-20(14-23(25)26)17-12-18(24(27)28)21(29-4)19(13-17)30-15-16-10-8-7-9-11-16/h7-13,20H,14-15H2,1-6H3. The van der Waals surface area contributed by atoms with Crippen LogP contribution in [0.1, 0.15) is 38.0 Å². The second-order valence-electron chi connectivity index (χ2n) is 8.98. The Morgan fingerprint density at radius 2 is 1.69 bits per heavy atom. The Balaban J connectivity index is 2.53. The van der Waals surface area contributed by atoms with Crippen molar-refractivity contribution in [3.8, 4) is 11.5 Å². The molecule has 1 unspecified atom stereocenters. The summed E-state index contributed by atoms with van der Waals surface area (Å²) < 4.78 is 17.4. The Kier molecular flexibility index (Phi) is 7.97. The molecule has 0 aliphatic carbocycles. The van der Waals surface area contributed by atoms with Gasteiger partial charge in [0.2, 0.25) is 12.3 Å². The summed E-state index contributed by atoms with van der Waals surface area (Å²) in [6, 6.07) is 12.1. The first-order valence-electron chi connectivity index (χ1n) is 10.2. The third-order valence-corrected chi connectivity index (χ3v) is 10.1. The Morgan fingerprint density at radius 3 is 2.19 bits per heavy atom. The molecule has 0 fully saturated rings. The highest BCUT2D eigenvalue weighted by Gasteiger charge is 2.41. The minimum atomic E-state index is -2.42. The molecule has 0 saturated carbocycles. The number of methoxy groups -OCH3 is 1. The molecule has 0 aromatic heterocycles. The molecule has 1 atom stereocenters. The van der Waals surface area contributed by atoms with Crippen molar-refractivity contribution in [3.63, 3.8) is 0 Å². The van der Waals surface area contributed by atoms with Crippen molar-refractivity contribution < 1.29 is 23.7 Å². The van der Waals surface area contributed by atoms with Gasteiger partial charge in [0.05, 0.1) is 12.0 Å². The Labute approximate surface area is 188 Å². The summed E-state index contributed by atoms with van der Waals surface area (Å²) >= 11 is 0. The van der Waals surface area contributed by atoms with Gasteiger partial charge in [-0.2, -0.15) is 0 Å². The fourth-order valence-corrected chi connectivity index (χ4v) is 4.13. The van der Waals surface area contributed by atoms with Crippen molar-refractivity contribution in [2.75, 3.05) is 13.7 Å². The zero-order valence-electron chi connectivity index (χ0n) is 19.3. The summed E-state index contributed by atoms with van der Waals surface area (Å²) in [5, 5.41) is 23.0. The highest BCUT2D eigenvalue weighted by atomic mass is 28.4. The molecule has 2 rings (SSSR count). The van der Waals surface area contributed by atoms with E-state index in [4.69, 9.17) is 13.9 Å². The maximum atomic E-state index is 11.8. The summed E-state index contributed by atoms with van der Waals surface area (Å²) in [5.41, 5.74) is 0.837. The van der Waals surface area contributed by atoms with Crippen molar-refractivity contribution in [1.29, 1.82) is 0 Å². The van der Waals surface area contributed by atoms with Gasteiger partial charge in [-0.15, -0.1) is 0 Å². The summed E-state index contributed by atoms with van der Waals surface area (Å²) in [4.78, 5) is 22.1. The Hall–Kier alpha value is -2.98. The van der Waals surface area contributed by atoms with E-state index in [1.807, 2.05) is 64.2 Å². The van der Waals surface area contributed by atoms with Crippen LogP contribution in [0.5, 0.6) is 11.5 Å². The van der Waals surface area contributed by atoms with E-state index in [0.29, 0.717) is 5.56 Å². The van der Waals surface area contributed by atoms with E-state index in [1.54, 1.807) is 0 Å². The van der Waals surface area contributed by atoms with Crippen LogP contribution in [-0.4, -0.2) is 31.8 Å². The van der Waals surface area contributed by atoms with Crippen LogP contribution < -0.4 is 9.47 Å². The molecular formula is C22H30N2O7Si. The summed E-state index contributed by atoms with van der Waals surface area (Å²) in [6.45, 7) is 9.65. The van der Waals surface area contributed by atoms with Crippen molar-refractivity contribution in [1.82, 2.24) is 0 Å². The van der Waals surface area contributed by atoms with Crippen LogP contribution in [0, 0.1) is 20.2 Å². The van der Waals surface area contributed by atoms with Gasteiger partial charge in [0.15, 0.2) is 14.1 Å². The first-order chi connectivity index (χ1) is 14.9. The second-order valence-corrected chi connectivity index (χ2v) is 13.7. The molecule has 2 aromatic rings. The molecule has 0 bridgehead atoms. The number of nitro groups is 2. The molecule has 0 aliphatic heterocycles. The fourth-order valence-electron chi connectivity index (χ4n) is 2.86.